The molecule has 3 heterocycles. The summed E-state index contributed by atoms with van der Waals surface area (Å²) in [7, 11) is 0. The smallest absolute Gasteiger partial charge is 0.147 e. The Labute approximate surface area is 122 Å². The summed E-state index contributed by atoms with van der Waals surface area (Å²) in [5.41, 5.74) is 6.63. The van der Waals surface area contributed by atoms with Crippen LogP contribution < -0.4 is 5.73 Å². The molecule has 3 rings (SSSR count). The van der Waals surface area contributed by atoms with E-state index in [4.69, 9.17) is 10.5 Å². The van der Waals surface area contributed by atoms with E-state index in [2.05, 4.69) is 33.9 Å². The molecule has 20 heavy (non-hydrogen) atoms. The first-order valence-electron chi connectivity index (χ1n) is 6.68. The third-order valence-corrected chi connectivity index (χ3v) is 4.37. The SMILES string of the molecule is Cc1ccc(CN2CCO[C@@H](c3nccnc3N)C2)s1. The van der Waals surface area contributed by atoms with Gasteiger partial charge in [0.1, 0.15) is 17.6 Å². The maximum atomic E-state index is 5.88. The second kappa shape index (κ2) is 5.87. The molecule has 1 saturated heterocycles. The van der Waals surface area contributed by atoms with Gasteiger partial charge in [0.25, 0.3) is 0 Å². The highest BCUT2D eigenvalue weighted by Gasteiger charge is 2.25. The summed E-state index contributed by atoms with van der Waals surface area (Å²) in [4.78, 5) is 13.5. The van der Waals surface area contributed by atoms with Crippen LogP contribution in [0.15, 0.2) is 24.5 Å². The maximum Gasteiger partial charge on any atom is 0.147 e. The predicted octanol–water partition coefficient (Wildman–Crippen LogP) is 2.00. The lowest BCUT2D eigenvalue weighted by atomic mass is 10.2. The summed E-state index contributed by atoms with van der Waals surface area (Å²) in [6, 6.07) is 4.36. The van der Waals surface area contributed by atoms with E-state index in [9.17, 15) is 0 Å². The minimum Gasteiger partial charge on any atom is -0.382 e. The molecule has 1 fully saturated rings. The first kappa shape index (κ1) is 13.5. The molecule has 0 saturated carbocycles. The van der Waals surface area contributed by atoms with E-state index < -0.39 is 0 Å². The van der Waals surface area contributed by atoms with E-state index in [-0.39, 0.29) is 6.10 Å². The normalized spacial score (nSPS) is 20.1. The van der Waals surface area contributed by atoms with Crippen molar-refractivity contribution in [2.45, 2.75) is 19.6 Å². The monoisotopic (exact) mass is 290 g/mol. The number of thiophene rings is 1. The summed E-state index contributed by atoms with van der Waals surface area (Å²) in [5.74, 6) is 0.464. The van der Waals surface area contributed by atoms with Gasteiger partial charge in [0.15, 0.2) is 0 Å². The number of nitrogens with zero attached hydrogens (tertiary/aromatic N) is 3. The van der Waals surface area contributed by atoms with Gasteiger partial charge in [-0.15, -0.1) is 11.3 Å². The summed E-state index contributed by atoms with van der Waals surface area (Å²) >= 11 is 1.85. The van der Waals surface area contributed by atoms with Crippen LogP contribution in [0.1, 0.15) is 21.6 Å². The molecule has 1 aliphatic heterocycles. The lowest BCUT2D eigenvalue weighted by molar-refractivity contribution is -0.0344. The fourth-order valence-electron chi connectivity index (χ4n) is 2.41. The lowest BCUT2D eigenvalue weighted by Gasteiger charge is -2.32. The van der Waals surface area contributed by atoms with Crippen molar-refractivity contribution in [2.24, 2.45) is 0 Å². The Morgan fingerprint density at radius 3 is 3.00 bits per heavy atom. The van der Waals surface area contributed by atoms with Gasteiger partial charge in [-0.3, -0.25) is 9.88 Å². The van der Waals surface area contributed by atoms with Crippen LogP contribution in [0.5, 0.6) is 0 Å². The Bertz CT molecular complexity index is 586. The van der Waals surface area contributed by atoms with Crippen LogP contribution in [-0.2, 0) is 11.3 Å². The molecule has 106 valence electrons. The molecule has 1 aliphatic rings. The molecule has 2 N–H and O–H groups in total. The number of hydrogen-bond donors (Lipinski definition) is 1. The molecule has 0 bridgehead atoms. The van der Waals surface area contributed by atoms with Crippen molar-refractivity contribution in [3.63, 3.8) is 0 Å². The summed E-state index contributed by atoms with van der Waals surface area (Å²) in [6.45, 7) is 5.54. The first-order chi connectivity index (χ1) is 9.72. The predicted molar refractivity (Wildman–Crippen MR) is 79.5 cm³/mol. The van der Waals surface area contributed by atoms with Crippen LogP contribution in [0.25, 0.3) is 0 Å². The Morgan fingerprint density at radius 1 is 1.40 bits per heavy atom. The van der Waals surface area contributed by atoms with Crippen molar-refractivity contribution in [3.8, 4) is 0 Å². The Balaban J connectivity index is 1.69. The van der Waals surface area contributed by atoms with E-state index in [1.165, 1.54) is 9.75 Å². The highest BCUT2D eigenvalue weighted by molar-refractivity contribution is 7.11. The van der Waals surface area contributed by atoms with Gasteiger partial charge in [-0.05, 0) is 19.1 Å². The molecule has 2 aromatic rings. The molecule has 0 aromatic carbocycles. The third-order valence-electron chi connectivity index (χ3n) is 3.39. The van der Waals surface area contributed by atoms with E-state index in [1.807, 2.05) is 11.3 Å². The van der Waals surface area contributed by atoms with E-state index in [1.54, 1.807) is 12.4 Å². The zero-order valence-corrected chi connectivity index (χ0v) is 12.3. The average molecular weight is 290 g/mol. The third kappa shape index (κ3) is 2.98. The summed E-state index contributed by atoms with van der Waals surface area (Å²) in [6.07, 6.45) is 3.18. The largest absolute Gasteiger partial charge is 0.382 e. The molecule has 1 atom stereocenters. The molecule has 0 spiro atoms. The Morgan fingerprint density at radius 2 is 2.25 bits per heavy atom. The summed E-state index contributed by atoms with van der Waals surface area (Å²) in [5, 5.41) is 0. The van der Waals surface area contributed by atoms with Gasteiger partial charge in [0.05, 0.1) is 6.61 Å². The molecular weight excluding hydrogens is 272 g/mol. The molecule has 5 nitrogen and oxygen atoms in total. The van der Waals surface area contributed by atoms with Gasteiger partial charge < -0.3 is 10.5 Å². The standard InChI is InChI=1S/C14H18N4OS/c1-10-2-3-11(20-10)8-18-6-7-19-12(9-18)13-14(15)17-5-4-16-13/h2-5,12H,6-9H2,1H3,(H2,15,17)/t12-/m1/s1. The van der Waals surface area contributed by atoms with E-state index >= 15 is 0 Å². The zero-order chi connectivity index (χ0) is 13.9. The molecule has 0 unspecified atom stereocenters. The highest BCUT2D eigenvalue weighted by atomic mass is 32.1. The van der Waals surface area contributed by atoms with Gasteiger partial charge in [0, 0.05) is 41.8 Å². The topological polar surface area (TPSA) is 64.3 Å². The fraction of sp³-hybridized carbons (Fsp3) is 0.429. The molecule has 0 radical (unpaired) electrons. The van der Waals surface area contributed by atoms with Crippen molar-refractivity contribution in [2.75, 3.05) is 25.4 Å². The number of morpholine rings is 1. The number of hydrogen-bond acceptors (Lipinski definition) is 6. The zero-order valence-electron chi connectivity index (χ0n) is 11.5. The quantitative estimate of drug-likeness (QED) is 0.936. The number of anilines is 1. The van der Waals surface area contributed by atoms with Crippen LogP contribution in [0, 0.1) is 6.92 Å². The van der Waals surface area contributed by atoms with E-state index in [0.29, 0.717) is 12.4 Å². The number of ether oxygens (including phenoxy) is 1. The number of rotatable bonds is 3. The van der Waals surface area contributed by atoms with Crippen molar-refractivity contribution < 1.29 is 4.74 Å². The van der Waals surface area contributed by atoms with Crippen molar-refractivity contribution in [3.05, 3.63) is 40.0 Å². The van der Waals surface area contributed by atoms with Crippen LogP contribution in [-0.4, -0.2) is 34.6 Å². The number of nitrogens with two attached hydrogens (primary N) is 1. The second-order valence-corrected chi connectivity index (χ2v) is 6.31. The lowest BCUT2D eigenvalue weighted by Crippen LogP contribution is -2.38. The van der Waals surface area contributed by atoms with Gasteiger partial charge in [-0.2, -0.15) is 0 Å². The number of aryl methyl sites for hydroxylation is 1. The van der Waals surface area contributed by atoms with Crippen LogP contribution in [0.3, 0.4) is 0 Å². The maximum absolute atomic E-state index is 5.88. The number of nitrogen functional groups attached to an aromatic ring is 1. The van der Waals surface area contributed by atoms with Gasteiger partial charge in [-0.1, -0.05) is 0 Å². The molecule has 2 aromatic heterocycles. The summed E-state index contributed by atoms with van der Waals surface area (Å²) < 4.78 is 5.80. The fourth-order valence-corrected chi connectivity index (χ4v) is 3.34. The van der Waals surface area contributed by atoms with E-state index in [0.717, 1.165) is 25.3 Å². The Hall–Kier alpha value is -1.50. The van der Waals surface area contributed by atoms with Crippen LogP contribution >= 0.6 is 11.3 Å². The average Bonchev–Trinajstić information content (AvgIpc) is 2.85. The van der Waals surface area contributed by atoms with Crippen molar-refractivity contribution in [1.82, 2.24) is 14.9 Å². The van der Waals surface area contributed by atoms with Crippen molar-refractivity contribution in [1.29, 1.82) is 0 Å². The van der Waals surface area contributed by atoms with Crippen LogP contribution in [0.2, 0.25) is 0 Å². The molecule has 6 heteroatoms. The molecule has 0 amide bonds. The number of aromatic nitrogens is 2. The minimum absolute atomic E-state index is 0.0847. The van der Waals surface area contributed by atoms with Crippen LogP contribution in [0.4, 0.5) is 5.82 Å². The first-order valence-corrected chi connectivity index (χ1v) is 7.49. The highest BCUT2D eigenvalue weighted by Crippen LogP contribution is 2.25. The molecular formula is C14H18N4OS. The Kier molecular flexibility index (Phi) is 3.95. The van der Waals surface area contributed by atoms with Gasteiger partial charge in [0.2, 0.25) is 0 Å². The van der Waals surface area contributed by atoms with Crippen molar-refractivity contribution >= 4 is 17.2 Å². The molecule has 0 aliphatic carbocycles. The minimum atomic E-state index is -0.0847. The van der Waals surface area contributed by atoms with Gasteiger partial charge in [-0.25, -0.2) is 4.98 Å². The second-order valence-electron chi connectivity index (χ2n) is 4.93. The van der Waals surface area contributed by atoms with Gasteiger partial charge >= 0.3 is 0 Å².